The van der Waals surface area contributed by atoms with Gasteiger partial charge >= 0.3 is 0 Å². The van der Waals surface area contributed by atoms with E-state index >= 15 is 0 Å². The van der Waals surface area contributed by atoms with Gasteiger partial charge in [0, 0.05) is 26.7 Å². The van der Waals surface area contributed by atoms with Crippen LogP contribution >= 0.6 is 0 Å². The average molecular weight is 230 g/mol. The third-order valence-electron chi connectivity index (χ3n) is 2.59. The summed E-state index contributed by atoms with van der Waals surface area (Å²) in [6.07, 6.45) is 1.07. The molecule has 16 heavy (non-hydrogen) atoms. The fourth-order valence-corrected chi connectivity index (χ4v) is 1.85. The number of nitrogens with zero attached hydrogens (tertiary/aromatic N) is 1. The average Bonchev–Trinajstić information content (AvgIpc) is 2.43. The van der Waals surface area contributed by atoms with Crippen LogP contribution in [0.3, 0.4) is 0 Å². The molecule has 1 aliphatic rings. The first-order valence-corrected chi connectivity index (χ1v) is 6.15. The third kappa shape index (κ3) is 5.80. The van der Waals surface area contributed by atoms with E-state index in [1.165, 1.54) is 6.42 Å². The van der Waals surface area contributed by atoms with Crippen molar-refractivity contribution in [1.82, 2.24) is 10.2 Å². The maximum Gasteiger partial charge on any atom is 0.170 e. The molecule has 0 aliphatic carbocycles. The van der Waals surface area contributed by atoms with Crippen LogP contribution in [0.1, 0.15) is 27.2 Å². The van der Waals surface area contributed by atoms with Crippen LogP contribution in [0, 0.1) is 0 Å². The smallest absolute Gasteiger partial charge is 0.170 e. The molecule has 0 radical (unpaired) electrons. The summed E-state index contributed by atoms with van der Waals surface area (Å²) in [6, 6.07) is 0. The van der Waals surface area contributed by atoms with Crippen LogP contribution < -0.4 is 5.32 Å². The Hall–Kier alpha value is -0.160. The Morgan fingerprint density at radius 2 is 2.00 bits per heavy atom. The molecule has 1 unspecified atom stereocenters. The van der Waals surface area contributed by atoms with Gasteiger partial charge in [0.25, 0.3) is 0 Å². The predicted octanol–water partition coefficient (Wildman–Crippen LogP) is 1.07. The van der Waals surface area contributed by atoms with Crippen LogP contribution in [0.2, 0.25) is 0 Å². The molecular weight excluding hydrogens is 204 g/mol. The molecule has 1 aliphatic heterocycles. The van der Waals surface area contributed by atoms with E-state index in [0.29, 0.717) is 0 Å². The quantitative estimate of drug-likeness (QED) is 0.733. The molecular formula is C12H26N2O2. The van der Waals surface area contributed by atoms with E-state index in [1.807, 2.05) is 0 Å². The van der Waals surface area contributed by atoms with Crippen LogP contribution in [-0.2, 0) is 9.47 Å². The second kappa shape index (κ2) is 6.55. The van der Waals surface area contributed by atoms with Gasteiger partial charge in [0.2, 0.25) is 0 Å². The lowest BCUT2D eigenvalue weighted by molar-refractivity contribution is -0.189. The van der Waals surface area contributed by atoms with E-state index in [0.717, 1.165) is 32.7 Å². The Balaban J connectivity index is 2.36. The number of ether oxygens (including phenoxy) is 2. The van der Waals surface area contributed by atoms with Crippen LogP contribution in [-0.4, -0.2) is 56.6 Å². The molecule has 0 amide bonds. The molecule has 1 atom stereocenters. The van der Waals surface area contributed by atoms with E-state index in [1.54, 1.807) is 7.11 Å². The lowest BCUT2D eigenvalue weighted by Crippen LogP contribution is -2.40. The van der Waals surface area contributed by atoms with Crippen LogP contribution in [0.25, 0.3) is 0 Å². The first-order chi connectivity index (χ1) is 7.51. The number of hydrogen-bond acceptors (Lipinski definition) is 4. The van der Waals surface area contributed by atoms with Gasteiger partial charge in [-0.05, 0) is 40.3 Å². The highest BCUT2D eigenvalue weighted by atomic mass is 16.7. The molecule has 0 saturated carbocycles. The number of methoxy groups -OCH3 is 1. The summed E-state index contributed by atoms with van der Waals surface area (Å²) >= 11 is 0. The van der Waals surface area contributed by atoms with Crippen molar-refractivity contribution < 1.29 is 9.47 Å². The molecule has 0 aromatic heterocycles. The Morgan fingerprint density at radius 1 is 1.25 bits per heavy atom. The minimum atomic E-state index is -0.148. The number of rotatable bonds is 4. The highest BCUT2D eigenvalue weighted by Crippen LogP contribution is 2.12. The topological polar surface area (TPSA) is 33.7 Å². The molecule has 96 valence electrons. The standard InChI is InChI=1S/C12H26N2O2/c1-12(2,3)16-11(15-4)10-14-8-5-6-13-7-9-14/h11,13H,5-10H2,1-4H3. The van der Waals surface area contributed by atoms with Crippen molar-refractivity contribution >= 4 is 0 Å². The van der Waals surface area contributed by atoms with Crippen molar-refractivity contribution in [3.8, 4) is 0 Å². The second-order valence-corrected chi connectivity index (χ2v) is 5.30. The monoisotopic (exact) mass is 230 g/mol. The minimum absolute atomic E-state index is 0.127. The van der Waals surface area contributed by atoms with Crippen LogP contribution in [0.4, 0.5) is 0 Å². The van der Waals surface area contributed by atoms with E-state index in [2.05, 4.69) is 31.0 Å². The molecule has 0 aromatic carbocycles. The summed E-state index contributed by atoms with van der Waals surface area (Å²) in [6.45, 7) is 11.4. The molecule has 1 heterocycles. The van der Waals surface area contributed by atoms with Gasteiger partial charge in [-0.1, -0.05) is 0 Å². The molecule has 4 heteroatoms. The number of hydrogen-bond donors (Lipinski definition) is 1. The van der Waals surface area contributed by atoms with Crippen LogP contribution in [0.5, 0.6) is 0 Å². The molecule has 1 rings (SSSR count). The lowest BCUT2D eigenvalue weighted by atomic mass is 10.2. The fraction of sp³-hybridized carbons (Fsp3) is 1.00. The molecule has 1 saturated heterocycles. The van der Waals surface area contributed by atoms with Crippen molar-refractivity contribution in [2.75, 3.05) is 39.8 Å². The van der Waals surface area contributed by atoms with Gasteiger partial charge in [-0.2, -0.15) is 0 Å². The molecule has 1 fully saturated rings. The largest absolute Gasteiger partial charge is 0.354 e. The van der Waals surface area contributed by atoms with Gasteiger partial charge in [-0.15, -0.1) is 0 Å². The van der Waals surface area contributed by atoms with Crippen molar-refractivity contribution in [3.63, 3.8) is 0 Å². The maximum absolute atomic E-state index is 5.85. The van der Waals surface area contributed by atoms with Gasteiger partial charge < -0.3 is 14.8 Å². The third-order valence-corrected chi connectivity index (χ3v) is 2.59. The van der Waals surface area contributed by atoms with Gasteiger partial charge in [-0.3, -0.25) is 4.90 Å². The highest BCUT2D eigenvalue weighted by Gasteiger charge is 2.21. The molecule has 4 nitrogen and oxygen atoms in total. The predicted molar refractivity (Wildman–Crippen MR) is 65.6 cm³/mol. The first-order valence-electron chi connectivity index (χ1n) is 6.15. The zero-order valence-electron chi connectivity index (χ0n) is 11.1. The Kier molecular flexibility index (Phi) is 5.69. The summed E-state index contributed by atoms with van der Waals surface area (Å²) < 4.78 is 11.2. The molecule has 0 spiro atoms. The zero-order valence-corrected chi connectivity index (χ0v) is 11.1. The van der Waals surface area contributed by atoms with Gasteiger partial charge in [0.15, 0.2) is 6.29 Å². The lowest BCUT2D eigenvalue weighted by Gasteiger charge is -2.30. The first kappa shape index (κ1) is 13.9. The van der Waals surface area contributed by atoms with Gasteiger partial charge in [-0.25, -0.2) is 0 Å². The van der Waals surface area contributed by atoms with E-state index in [-0.39, 0.29) is 11.9 Å². The zero-order chi connectivity index (χ0) is 12.0. The Labute approximate surface area is 99.3 Å². The summed E-state index contributed by atoms with van der Waals surface area (Å²) in [5, 5.41) is 3.39. The van der Waals surface area contributed by atoms with Crippen molar-refractivity contribution in [3.05, 3.63) is 0 Å². The summed E-state index contributed by atoms with van der Waals surface area (Å²) in [4.78, 5) is 2.40. The van der Waals surface area contributed by atoms with Crippen molar-refractivity contribution in [2.24, 2.45) is 0 Å². The molecule has 0 aromatic rings. The summed E-state index contributed by atoms with van der Waals surface area (Å²) in [7, 11) is 1.71. The Morgan fingerprint density at radius 3 is 2.62 bits per heavy atom. The van der Waals surface area contributed by atoms with Gasteiger partial charge in [0.1, 0.15) is 0 Å². The Bertz CT molecular complexity index is 184. The number of nitrogens with one attached hydrogen (secondary N) is 1. The highest BCUT2D eigenvalue weighted by molar-refractivity contribution is 4.69. The maximum atomic E-state index is 5.85. The summed E-state index contributed by atoms with van der Waals surface area (Å²) in [5.41, 5.74) is -0.148. The van der Waals surface area contributed by atoms with E-state index < -0.39 is 0 Å². The minimum Gasteiger partial charge on any atom is -0.354 e. The normalized spacial score (nSPS) is 21.8. The van der Waals surface area contributed by atoms with Crippen molar-refractivity contribution in [2.45, 2.75) is 39.1 Å². The van der Waals surface area contributed by atoms with E-state index in [9.17, 15) is 0 Å². The van der Waals surface area contributed by atoms with Crippen LogP contribution in [0.15, 0.2) is 0 Å². The molecule has 1 N–H and O–H groups in total. The molecule has 0 bridgehead atoms. The van der Waals surface area contributed by atoms with Gasteiger partial charge in [0.05, 0.1) is 5.60 Å². The fourth-order valence-electron chi connectivity index (χ4n) is 1.85. The second-order valence-electron chi connectivity index (χ2n) is 5.30. The SMILES string of the molecule is COC(CN1CCCNCC1)OC(C)(C)C. The van der Waals surface area contributed by atoms with Crippen molar-refractivity contribution in [1.29, 1.82) is 0 Å². The van der Waals surface area contributed by atoms with E-state index in [4.69, 9.17) is 9.47 Å². The summed E-state index contributed by atoms with van der Waals surface area (Å²) in [5.74, 6) is 0.